The summed E-state index contributed by atoms with van der Waals surface area (Å²) in [4.78, 5) is 4.03. The molecular formula is C19H20F3NS. The minimum absolute atomic E-state index is 0.584. The fourth-order valence-corrected chi connectivity index (χ4v) is 4.02. The van der Waals surface area contributed by atoms with Crippen molar-refractivity contribution in [3.63, 3.8) is 0 Å². The Morgan fingerprint density at radius 3 is 2.42 bits per heavy atom. The molecule has 24 heavy (non-hydrogen) atoms. The molecule has 0 amide bonds. The van der Waals surface area contributed by atoms with Crippen LogP contribution in [-0.2, 0) is 6.18 Å². The van der Waals surface area contributed by atoms with Gasteiger partial charge in [-0.25, -0.2) is 0 Å². The van der Waals surface area contributed by atoms with E-state index in [1.807, 2.05) is 29.2 Å². The van der Waals surface area contributed by atoms with Gasteiger partial charge in [0, 0.05) is 16.3 Å². The average molecular weight is 351 g/mol. The second-order valence-electron chi connectivity index (χ2n) is 5.96. The zero-order chi connectivity index (χ0) is 17.2. The Kier molecular flexibility index (Phi) is 5.09. The normalized spacial score (nSPS) is 13.6. The maximum Gasteiger partial charge on any atom is 0.416 e. The highest BCUT2D eigenvalue weighted by Crippen LogP contribution is 2.49. The number of unbranched alkanes of at least 4 members (excludes halogenated alkanes) is 3. The second-order valence-corrected chi connectivity index (χ2v) is 7.05. The van der Waals surface area contributed by atoms with Crippen molar-refractivity contribution < 1.29 is 13.2 Å². The standard InChI is InChI=1S/C19H20F3NS/c1-2-3-4-7-12-23-15-8-5-6-9-17(15)24-18-11-10-14(13-16(18)23)19(20,21)22/h5-6,8-11,13H,2-4,7,12H2,1H3. The number of fused-ring (bicyclic) bond motifs is 2. The lowest BCUT2D eigenvalue weighted by atomic mass is 10.1. The van der Waals surface area contributed by atoms with Crippen LogP contribution >= 0.6 is 11.8 Å². The third-order valence-corrected chi connectivity index (χ3v) is 5.32. The van der Waals surface area contributed by atoms with Crippen LogP contribution in [0.5, 0.6) is 0 Å². The molecule has 5 heteroatoms. The van der Waals surface area contributed by atoms with Gasteiger partial charge in [-0.05, 0) is 36.8 Å². The van der Waals surface area contributed by atoms with E-state index in [-0.39, 0.29) is 0 Å². The van der Waals surface area contributed by atoms with Gasteiger partial charge in [0.15, 0.2) is 0 Å². The molecule has 0 fully saturated rings. The summed E-state index contributed by atoms with van der Waals surface area (Å²) >= 11 is 1.54. The van der Waals surface area contributed by atoms with E-state index in [1.165, 1.54) is 12.1 Å². The van der Waals surface area contributed by atoms with Crippen molar-refractivity contribution in [2.45, 2.75) is 48.6 Å². The highest BCUT2D eigenvalue weighted by atomic mass is 32.2. The molecule has 0 spiro atoms. The molecule has 128 valence electrons. The lowest BCUT2D eigenvalue weighted by molar-refractivity contribution is -0.137. The average Bonchev–Trinajstić information content (AvgIpc) is 2.56. The Bertz CT molecular complexity index is 712. The van der Waals surface area contributed by atoms with Crippen LogP contribution in [0.15, 0.2) is 52.3 Å². The molecule has 0 radical (unpaired) electrons. The Morgan fingerprint density at radius 1 is 0.917 bits per heavy atom. The van der Waals surface area contributed by atoms with Crippen LogP contribution in [0.1, 0.15) is 38.2 Å². The largest absolute Gasteiger partial charge is 0.416 e. The van der Waals surface area contributed by atoms with Crippen LogP contribution in [0.2, 0.25) is 0 Å². The maximum atomic E-state index is 13.1. The molecule has 0 aromatic heterocycles. The third kappa shape index (κ3) is 3.56. The van der Waals surface area contributed by atoms with Gasteiger partial charge >= 0.3 is 6.18 Å². The Balaban J connectivity index is 1.96. The molecule has 0 bridgehead atoms. The number of benzene rings is 2. The van der Waals surface area contributed by atoms with Crippen molar-refractivity contribution in [3.05, 3.63) is 48.0 Å². The van der Waals surface area contributed by atoms with Gasteiger partial charge in [-0.15, -0.1) is 0 Å². The number of anilines is 2. The smallest absolute Gasteiger partial charge is 0.340 e. The number of hydrogen-bond acceptors (Lipinski definition) is 2. The van der Waals surface area contributed by atoms with Crippen LogP contribution in [0.3, 0.4) is 0 Å². The second kappa shape index (κ2) is 7.09. The van der Waals surface area contributed by atoms with Gasteiger partial charge in [-0.2, -0.15) is 13.2 Å². The Labute approximate surface area is 144 Å². The molecule has 0 saturated heterocycles. The number of halogens is 3. The van der Waals surface area contributed by atoms with Gasteiger partial charge in [0.05, 0.1) is 16.9 Å². The SMILES string of the molecule is CCCCCCN1c2ccccc2Sc2ccc(C(F)(F)F)cc21. The fraction of sp³-hybridized carbons (Fsp3) is 0.368. The minimum atomic E-state index is -4.31. The van der Waals surface area contributed by atoms with Crippen molar-refractivity contribution in [2.24, 2.45) is 0 Å². The zero-order valence-electron chi connectivity index (χ0n) is 13.6. The Morgan fingerprint density at radius 2 is 1.67 bits per heavy atom. The predicted molar refractivity (Wildman–Crippen MR) is 93.2 cm³/mol. The minimum Gasteiger partial charge on any atom is -0.340 e. The number of para-hydroxylation sites is 1. The van der Waals surface area contributed by atoms with Crippen LogP contribution in [0.25, 0.3) is 0 Å². The zero-order valence-corrected chi connectivity index (χ0v) is 14.4. The number of rotatable bonds is 5. The molecule has 0 N–H and O–H groups in total. The number of nitrogens with zero attached hydrogens (tertiary/aromatic N) is 1. The molecule has 0 saturated carbocycles. The molecule has 1 aliphatic heterocycles. The summed E-state index contributed by atoms with van der Waals surface area (Å²) < 4.78 is 39.3. The molecule has 3 rings (SSSR count). The lowest BCUT2D eigenvalue weighted by Gasteiger charge is -2.33. The highest BCUT2D eigenvalue weighted by molar-refractivity contribution is 7.99. The van der Waals surface area contributed by atoms with E-state index in [2.05, 4.69) is 6.92 Å². The van der Waals surface area contributed by atoms with Gasteiger partial charge in [-0.1, -0.05) is 50.1 Å². The van der Waals surface area contributed by atoms with Crippen LogP contribution < -0.4 is 4.90 Å². The molecule has 0 unspecified atom stereocenters. The first-order chi connectivity index (χ1) is 11.5. The third-order valence-electron chi connectivity index (χ3n) is 4.19. The van der Waals surface area contributed by atoms with Crippen molar-refractivity contribution in [1.82, 2.24) is 0 Å². The summed E-state index contributed by atoms with van der Waals surface area (Å²) in [5.74, 6) is 0. The van der Waals surface area contributed by atoms with Crippen LogP contribution in [-0.4, -0.2) is 6.54 Å². The first-order valence-corrected chi connectivity index (χ1v) is 9.08. The predicted octanol–water partition coefficient (Wildman–Crippen LogP) is 6.89. The highest BCUT2D eigenvalue weighted by Gasteiger charge is 2.33. The van der Waals surface area contributed by atoms with Gasteiger partial charge in [0.25, 0.3) is 0 Å². The van der Waals surface area contributed by atoms with Crippen molar-refractivity contribution in [3.8, 4) is 0 Å². The summed E-state index contributed by atoms with van der Waals surface area (Å²) in [5, 5.41) is 0. The van der Waals surface area contributed by atoms with Gasteiger partial charge in [0.1, 0.15) is 0 Å². The maximum absolute atomic E-state index is 13.1. The number of alkyl halides is 3. The lowest BCUT2D eigenvalue weighted by Crippen LogP contribution is -2.22. The summed E-state index contributed by atoms with van der Waals surface area (Å²) in [6, 6.07) is 12.0. The molecule has 1 nitrogen and oxygen atoms in total. The molecule has 2 aromatic rings. The van der Waals surface area contributed by atoms with Gasteiger partial charge in [0.2, 0.25) is 0 Å². The first-order valence-electron chi connectivity index (χ1n) is 8.26. The van der Waals surface area contributed by atoms with Crippen LogP contribution in [0.4, 0.5) is 24.5 Å². The van der Waals surface area contributed by atoms with E-state index in [9.17, 15) is 13.2 Å². The van der Waals surface area contributed by atoms with Crippen molar-refractivity contribution in [2.75, 3.05) is 11.4 Å². The van der Waals surface area contributed by atoms with Crippen molar-refractivity contribution in [1.29, 1.82) is 0 Å². The van der Waals surface area contributed by atoms with E-state index < -0.39 is 11.7 Å². The quantitative estimate of drug-likeness (QED) is 0.540. The van der Waals surface area contributed by atoms with E-state index >= 15 is 0 Å². The molecule has 1 aliphatic rings. The molecular weight excluding hydrogens is 331 g/mol. The summed E-state index contributed by atoms with van der Waals surface area (Å²) in [7, 11) is 0. The fourth-order valence-electron chi connectivity index (χ4n) is 2.94. The van der Waals surface area contributed by atoms with E-state index in [1.54, 1.807) is 17.8 Å². The molecule has 0 aliphatic carbocycles. The summed E-state index contributed by atoms with van der Waals surface area (Å²) in [6.07, 6.45) is 0.0462. The monoisotopic (exact) mass is 351 g/mol. The van der Waals surface area contributed by atoms with Crippen LogP contribution in [0, 0.1) is 0 Å². The topological polar surface area (TPSA) is 3.24 Å². The Hall–Kier alpha value is -1.62. The molecule has 2 aromatic carbocycles. The summed E-state index contributed by atoms with van der Waals surface area (Å²) in [6.45, 7) is 2.89. The molecule has 1 heterocycles. The van der Waals surface area contributed by atoms with E-state index in [4.69, 9.17) is 0 Å². The first kappa shape index (κ1) is 17.2. The van der Waals surface area contributed by atoms with E-state index in [0.29, 0.717) is 5.69 Å². The molecule has 0 atom stereocenters. The van der Waals surface area contributed by atoms with E-state index in [0.717, 1.165) is 47.7 Å². The van der Waals surface area contributed by atoms with Crippen molar-refractivity contribution >= 4 is 23.1 Å². The number of hydrogen-bond donors (Lipinski definition) is 0. The van der Waals surface area contributed by atoms with Gasteiger partial charge in [-0.3, -0.25) is 0 Å². The summed E-state index contributed by atoms with van der Waals surface area (Å²) in [5.41, 5.74) is 1.09. The van der Waals surface area contributed by atoms with Gasteiger partial charge < -0.3 is 4.90 Å².